The molecule has 9 heteroatoms. The number of anilines is 2. The molecule has 2 atom stereocenters. The third-order valence-electron chi connectivity index (χ3n) is 6.66. The van der Waals surface area contributed by atoms with Gasteiger partial charge in [-0.3, -0.25) is 9.78 Å². The first kappa shape index (κ1) is 25.9. The monoisotopic (exact) mass is 545 g/mol. The Kier molecular flexibility index (Phi) is 7.46. The molecule has 0 saturated carbocycles. The summed E-state index contributed by atoms with van der Waals surface area (Å²) in [6.07, 6.45) is 1.80. The zero-order chi connectivity index (χ0) is 26.8. The lowest BCUT2D eigenvalue weighted by molar-refractivity contribution is -0.119. The molecule has 0 aliphatic carbocycles. The number of hydrogen-bond acceptors (Lipinski definition) is 4. The van der Waals surface area contributed by atoms with Crippen LogP contribution in [-0.4, -0.2) is 34.3 Å². The molecule has 0 unspecified atom stereocenters. The number of aromatic nitrogens is 2. The van der Waals surface area contributed by atoms with Crippen LogP contribution in [0, 0.1) is 13.8 Å². The van der Waals surface area contributed by atoms with Gasteiger partial charge in [-0.1, -0.05) is 23.7 Å². The molecular weight excluding hydrogens is 518 g/mol. The standard InChI is InChI=1S/C29H28ClN5O2S/c1-18-15-24(19(2)34(18)23-8-6-7-20(30)16-23)28-27(25-9-4-5-14-31-25)33-29(38)35(28)22-12-10-21(11-13-22)32-26(36)17-37-3/h4-16,27-28H,17H2,1-3H3,(H,32,36)(H,33,38)/t27-,28+/m0/s1. The fourth-order valence-corrected chi connectivity index (χ4v) is 5.61. The molecule has 2 aromatic heterocycles. The highest BCUT2D eigenvalue weighted by atomic mass is 35.5. The van der Waals surface area contributed by atoms with Gasteiger partial charge < -0.3 is 24.8 Å². The van der Waals surface area contributed by atoms with Gasteiger partial charge in [-0.2, -0.15) is 0 Å². The van der Waals surface area contributed by atoms with Gasteiger partial charge in [0.05, 0.1) is 17.8 Å². The minimum absolute atomic E-state index is 0.00203. The second-order valence-electron chi connectivity index (χ2n) is 9.17. The fraction of sp³-hybridized carbons (Fsp3) is 0.207. The molecule has 1 amide bonds. The van der Waals surface area contributed by atoms with Crippen LogP contribution < -0.4 is 15.5 Å². The molecular formula is C29H28ClN5O2S. The second kappa shape index (κ2) is 10.9. The summed E-state index contributed by atoms with van der Waals surface area (Å²) in [6.45, 7) is 4.21. The van der Waals surface area contributed by atoms with Crippen molar-refractivity contribution >= 4 is 46.2 Å². The van der Waals surface area contributed by atoms with E-state index in [0.29, 0.717) is 15.8 Å². The van der Waals surface area contributed by atoms with Crippen molar-refractivity contribution in [3.8, 4) is 5.69 Å². The summed E-state index contributed by atoms with van der Waals surface area (Å²) in [5.74, 6) is -0.208. The van der Waals surface area contributed by atoms with Crippen molar-refractivity contribution in [2.75, 3.05) is 23.9 Å². The number of rotatable bonds is 7. The predicted molar refractivity (Wildman–Crippen MR) is 155 cm³/mol. The van der Waals surface area contributed by atoms with E-state index in [-0.39, 0.29) is 24.6 Å². The number of ether oxygens (including phenoxy) is 1. The number of carbonyl (C=O) groups excluding carboxylic acids is 1. The molecule has 1 aliphatic rings. The number of nitrogens with one attached hydrogen (secondary N) is 2. The molecule has 4 aromatic rings. The van der Waals surface area contributed by atoms with Crippen molar-refractivity contribution in [3.63, 3.8) is 0 Å². The molecule has 3 heterocycles. The van der Waals surface area contributed by atoms with Crippen molar-refractivity contribution in [1.29, 1.82) is 0 Å². The number of benzene rings is 2. The lowest BCUT2D eigenvalue weighted by Crippen LogP contribution is -2.29. The lowest BCUT2D eigenvalue weighted by Gasteiger charge is -2.28. The molecule has 0 spiro atoms. The fourth-order valence-electron chi connectivity index (χ4n) is 5.08. The minimum Gasteiger partial charge on any atom is -0.375 e. The first-order valence-corrected chi connectivity index (χ1v) is 13.0. The van der Waals surface area contributed by atoms with Crippen LogP contribution in [0.25, 0.3) is 5.69 Å². The molecule has 2 aromatic carbocycles. The Balaban J connectivity index is 1.58. The number of nitrogens with zero attached hydrogens (tertiary/aromatic N) is 3. The van der Waals surface area contributed by atoms with Gasteiger partial charge in [-0.05, 0) is 92.3 Å². The maximum absolute atomic E-state index is 12.0. The number of pyridine rings is 1. The molecule has 1 aliphatic heterocycles. The quantitative estimate of drug-likeness (QED) is 0.282. The first-order valence-electron chi connectivity index (χ1n) is 12.2. The summed E-state index contributed by atoms with van der Waals surface area (Å²) in [6, 6.07) is 23.3. The summed E-state index contributed by atoms with van der Waals surface area (Å²) in [7, 11) is 1.49. The van der Waals surface area contributed by atoms with Crippen LogP contribution in [0.4, 0.5) is 11.4 Å². The van der Waals surface area contributed by atoms with Gasteiger partial charge in [0.15, 0.2) is 5.11 Å². The third-order valence-corrected chi connectivity index (χ3v) is 7.21. The second-order valence-corrected chi connectivity index (χ2v) is 9.99. The number of hydrogen-bond donors (Lipinski definition) is 2. The summed E-state index contributed by atoms with van der Waals surface area (Å²) in [4.78, 5) is 18.7. The molecule has 2 N–H and O–H groups in total. The molecule has 38 heavy (non-hydrogen) atoms. The topological polar surface area (TPSA) is 71.4 Å². The van der Waals surface area contributed by atoms with E-state index in [1.54, 1.807) is 6.20 Å². The van der Waals surface area contributed by atoms with Gasteiger partial charge in [-0.15, -0.1) is 0 Å². The normalized spacial score (nSPS) is 16.9. The lowest BCUT2D eigenvalue weighted by atomic mass is 9.96. The van der Waals surface area contributed by atoms with Crippen molar-refractivity contribution in [2.45, 2.75) is 25.9 Å². The molecule has 7 nitrogen and oxygen atoms in total. The van der Waals surface area contributed by atoms with Crippen LogP contribution in [0.15, 0.2) is 79.0 Å². The smallest absolute Gasteiger partial charge is 0.250 e. The Morgan fingerprint density at radius 3 is 2.55 bits per heavy atom. The van der Waals surface area contributed by atoms with E-state index < -0.39 is 0 Å². The van der Waals surface area contributed by atoms with Crippen molar-refractivity contribution in [1.82, 2.24) is 14.9 Å². The molecule has 194 valence electrons. The molecule has 5 rings (SSSR count). The van der Waals surface area contributed by atoms with Gasteiger partial charge >= 0.3 is 0 Å². The van der Waals surface area contributed by atoms with E-state index in [1.807, 2.05) is 60.7 Å². The molecule has 1 saturated heterocycles. The summed E-state index contributed by atoms with van der Waals surface area (Å²) in [5.41, 5.74) is 6.81. The first-order chi connectivity index (χ1) is 18.4. The van der Waals surface area contributed by atoms with Crippen LogP contribution in [0.5, 0.6) is 0 Å². The van der Waals surface area contributed by atoms with Crippen LogP contribution >= 0.6 is 23.8 Å². The van der Waals surface area contributed by atoms with E-state index >= 15 is 0 Å². The number of halogens is 1. The van der Waals surface area contributed by atoms with Gasteiger partial charge in [0.1, 0.15) is 6.61 Å². The van der Waals surface area contributed by atoms with E-state index in [4.69, 9.17) is 28.6 Å². The van der Waals surface area contributed by atoms with Gasteiger partial charge in [-0.25, -0.2) is 0 Å². The van der Waals surface area contributed by atoms with Crippen LogP contribution in [0.2, 0.25) is 5.02 Å². The van der Waals surface area contributed by atoms with Crippen molar-refractivity contribution < 1.29 is 9.53 Å². The van der Waals surface area contributed by atoms with Crippen LogP contribution in [0.1, 0.15) is 34.7 Å². The van der Waals surface area contributed by atoms with E-state index in [2.05, 4.69) is 51.1 Å². The SMILES string of the molecule is COCC(=O)Nc1ccc(N2C(=S)N[C@@H](c3ccccn3)[C@H]2c2cc(C)n(-c3cccc(Cl)c3)c2C)cc1. The number of methoxy groups -OCH3 is 1. The van der Waals surface area contributed by atoms with Crippen molar-refractivity contribution in [3.05, 3.63) is 107 Å². The highest BCUT2D eigenvalue weighted by molar-refractivity contribution is 7.80. The maximum atomic E-state index is 12.0. The van der Waals surface area contributed by atoms with E-state index in [9.17, 15) is 4.79 Å². The molecule has 0 bridgehead atoms. The Labute approximate surface area is 232 Å². The Morgan fingerprint density at radius 2 is 1.87 bits per heavy atom. The minimum atomic E-state index is -0.208. The third kappa shape index (κ3) is 5.03. The summed E-state index contributed by atoms with van der Waals surface area (Å²) in [5, 5.41) is 7.64. The highest BCUT2D eigenvalue weighted by Gasteiger charge is 2.42. The van der Waals surface area contributed by atoms with Gasteiger partial charge in [0.2, 0.25) is 5.91 Å². The maximum Gasteiger partial charge on any atom is 0.250 e. The zero-order valence-corrected chi connectivity index (χ0v) is 22.9. The highest BCUT2D eigenvalue weighted by Crippen LogP contribution is 2.44. The summed E-state index contributed by atoms with van der Waals surface area (Å²) >= 11 is 12.2. The van der Waals surface area contributed by atoms with Gasteiger partial charge in [0.25, 0.3) is 0 Å². The van der Waals surface area contributed by atoms with Crippen molar-refractivity contribution in [2.24, 2.45) is 0 Å². The van der Waals surface area contributed by atoms with Crippen LogP contribution in [0.3, 0.4) is 0 Å². The molecule has 0 radical (unpaired) electrons. The average molecular weight is 546 g/mol. The Bertz CT molecular complexity index is 1470. The van der Waals surface area contributed by atoms with Gasteiger partial charge in [0, 0.05) is 46.8 Å². The van der Waals surface area contributed by atoms with Crippen LogP contribution in [-0.2, 0) is 9.53 Å². The largest absolute Gasteiger partial charge is 0.375 e. The van der Waals surface area contributed by atoms with E-state index in [0.717, 1.165) is 34.0 Å². The van der Waals surface area contributed by atoms with E-state index in [1.165, 1.54) is 7.11 Å². The number of thiocarbonyl (C=S) groups is 1. The number of aryl methyl sites for hydroxylation is 1. The number of carbonyl (C=O) groups is 1. The molecule has 1 fully saturated rings. The Hall–Kier alpha value is -3.72. The number of amides is 1. The zero-order valence-electron chi connectivity index (χ0n) is 21.3. The predicted octanol–water partition coefficient (Wildman–Crippen LogP) is 5.90. The average Bonchev–Trinajstić information content (AvgIpc) is 3.40. The Morgan fingerprint density at radius 1 is 1.08 bits per heavy atom. The summed E-state index contributed by atoms with van der Waals surface area (Å²) < 4.78 is 7.13.